The maximum atomic E-state index is 11.5. The highest BCUT2D eigenvalue weighted by molar-refractivity contribution is 6.24. The van der Waals surface area contributed by atoms with Crippen LogP contribution in [0.5, 0.6) is 0 Å². The van der Waals surface area contributed by atoms with Crippen LogP contribution in [0.25, 0.3) is 0 Å². The Morgan fingerprint density at radius 3 is 2.43 bits per heavy atom. The van der Waals surface area contributed by atoms with E-state index in [1.54, 1.807) is 0 Å². The highest BCUT2D eigenvalue weighted by atomic mass is 16.1. The third-order valence-corrected chi connectivity index (χ3v) is 2.93. The molecule has 0 aromatic heterocycles. The van der Waals surface area contributed by atoms with Crippen LogP contribution in [0.15, 0.2) is 30.3 Å². The first-order chi connectivity index (χ1) is 6.66. The molecule has 0 aliphatic rings. The van der Waals surface area contributed by atoms with Crippen LogP contribution in [0, 0.1) is 0 Å². The Bertz CT molecular complexity index is 294. The molecule has 1 rings (SSSR count). The van der Waals surface area contributed by atoms with E-state index in [1.807, 2.05) is 33.0 Å². The Hall–Kier alpha value is -1.05. The molecule has 0 bridgehead atoms. The summed E-state index contributed by atoms with van der Waals surface area (Å²) in [5.41, 5.74) is 1.25. The zero-order valence-corrected chi connectivity index (χ0v) is 9.16. The summed E-state index contributed by atoms with van der Waals surface area (Å²) in [6.07, 6.45) is 0.637. The van der Waals surface area contributed by atoms with Crippen molar-refractivity contribution in [3.63, 3.8) is 0 Å². The van der Waals surface area contributed by atoms with Crippen molar-refractivity contribution in [3.8, 4) is 0 Å². The zero-order valence-electron chi connectivity index (χ0n) is 9.16. The number of hydrogen-bond donors (Lipinski definition) is 0. The van der Waals surface area contributed by atoms with Crippen molar-refractivity contribution in [3.05, 3.63) is 35.9 Å². The fourth-order valence-electron chi connectivity index (χ4n) is 1.65. The maximum Gasteiger partial charge on any atom is 0.128 e. The van der Waals surface area contributed by atoms with Crippen LogP contribution in [0.1, 0.15) is 31.7 Å². The summed E-state index contributed by atoms with van der Waals surface area (Å²) in [6, 6.07) is 10.2. The number of hydrogen-bond acceptors (Lipinski definition) is 1. The van der Waals surface area contributed by atoms with Crippen LogP contribution in [0.2, 0.25) is 5.82 Å². The summed E-state index contributed by atoms with van der Waals surface area (Å²) in [7, 11) is 2.02. The normalized spacial score (nSPS) is 14.7. The topological polar surface area (TPSA) is 17.1 Å². The monoisotopic (exact) mass is 188 g/mol. The third kappa shape index (κ3) is 2.47. The predicted octanol–water partition coefficient (Wildman–Crippen LogP) is 2.19. The lowest BCUT2D eigenvalue weighted by Gasteiger charge is -2.18. The molecule has 2 unspecified atom stereocenters. The molecule has 0 N–H and O–H groups in total. The molecule has 1 nitrogen and oxygen atoms in total. The lowest BCUT2D eigenvalue weighted by molar-refractivity contribution is -0.118. The van der Waals surface area contributed by atoms with Crippen molar-refractivity contribution in [1.29, 1.82) is 0 Å². The molecule has 14 heavy (non-hydrogen) atoms. The standard InChI is InChI=1S/C12H17BO/c1-3-11(14)12(13)9(2)10-7-5-4-6-8-10/h4-9,12H,3,13H2,1-2H3. The predicted molar refractivity (Wildman–Crippen MR) is 62.4 cm³/mol. The Kier molecular flexibility index (Phi) is 3.93. The van der Waals surface area contributed by atoms with Gasteiger partial charge in [0.05, 0.1) is 0 Å². The first kappa shape index (κ1) is 11.0. The highest BCUT2D eigenvalue weighted by Gasteiger charge is 2.19. The van der Waals surface area contributed by atoms with Gasteiger partial charge in [0.1, 0.15) is 13.6 Å². The van der Waals surface area contributed by atoms with Crippen molar-refractivity contribution < 1.29 is 4.79 Å². The largest absolute Gasteiger partial charge is 0.300 e. The maximum absolute atomic E-state index is 11.5. The van der Waals surface area contributed by atoms with Gasteiger partial charge in [-0.15, -0.1) is 0 Å². The number of rotatable bonds is 4. The smallest absolute Gasteiger partial charge is 0.128 e. The summed E-state index contributed by atoms with van der Waals surface area (Å²) in [6.45, 7) is 4.05. The average molecular weight is 188 g/mol. The molecular weight excluding hydrogens is 171 g/mol. The van der Waals surface area contributed by atoms with Crippen molar-refractivity contribution in [2.24, 2.45) is 0 Å². The Labute approximate surface area is 86.9 Å². The molecule has 0 aliphatic carbocycles. The Balaban J connectivity index is 2.75. The van der Waals surface area contributed by atoms with E-state index in [0.29, 0.717) is 18.1 Å². The molecule has 2 heteroatoms. The highest BCUT2D eigenvalue weighted by Crippen LogP contribution is 2.27. The molecule has 1 aromatic rings. The first-order valence-corrected chi connectivity index (χ1v) is 5.24. The van der Waals surface area contributed by atoms with Crippen LogP contribution in [0.4, 0.5) is 0 Å². The van der Waals surface area contributed by atoms with Gasteiger partial charge in [-0.2, -0.15) is 0 Å². The van der Waals surface area contributed by atoms with E-state index in [0.717, 1.165) is 0 Å². The molecule has 0 fully saturated rings. The van der Waals surface area contributed by atoms with Crippen molar-refractivity contribution >= 4 is 13.6 Å². The minimum absolute atomic E-state index is 0.127. The number of benzene rings is 1. The Morgan fingerprint density at radius 1 is 1.36 bits per heavy atom. The van der Waals surface area contributed by atoms with Crippen molar-refractivity contribution in [1.82, 2.24) is 0 Å². The van der Waals surface area contributed by atoms with E-state index < -0.39 is 0 Å². The third-order valence-electron chi connectivity index (χ3n) is 2.93. The molecule has 0 saturated carbocycles. The fraction of sp³-hybridized carbons (Fsp3) is 0.417. The minimum atomic E-state index is 0.127. The van der Waals surface area contributed by atoms with Crippen LogP contribution in [-0.2, 0) is 4.79 Å². The number of carbonyl (C=O) groups is 1. The summed E-state index contributed by atoms with van der Waals surface area (Å²) in [4.78, 5) is 11.5. The molecule has 0 spiro atoms. The van der Waals surface area contributed by atoms with Gasteiger partial charge in [-0.3, -0.25) is 0 Å². The molecule has 0 aliphatic heterocycles. The summed E-state index contributed by atoms with van der Waals surface area (Å²) in [5.74, 6) is 0.799. The lowest BCUT2D eigenvalue weighted by atomic mass is 9.71. The summed E-state index contributed by atoms with van der Waals surface area (Å²) in [5, 5.41) is 0. The van der Waals surface area contributed by atoms with E-state index in [1.165, 1.54) is 5.56 Å². The van der Waals surface area contributed by atoms with Crippen LogP contribution < -0.4 is 0 Å². The van der Waals surface area contributed by atoms with Gasteiger partial charge in [-0.1, -0.05) is 44.2 Å². The number of carbonyl (C=O) groups excluding carboxylic acids is 1. The molecule has 1 aromatic carbocycles. The van der Waals surface area contributed by atoms with Crippen LogP contribution in [0.3, 0.4) is 0 Å². The number of ketones is 1. The van der Waals surface area contributed by atoms with E-state index >= 15 is 0 Å². The van der Waals surface area contributed by atoms with Gasteiger partial charge >= 0.3 is 0 Å². The fourth-order valence-corrected chi connectivity index (χ4v) is 1.65. The minimum Gasteiger partial charge on any atom is -0.300 e. The van der Waals surface area contributed by atoms with Gasteiger partial charge in [0, 0.05) is 6.42 Å². The van der Waals surface area contributed by atoms with E-state index in [-0.39, 0.29) is 5.82 Å². The SMILES string of the molecule is BC(C(=O)CC)C(C)c1ccccc1. The van der Waals surface area contributed by atoms with E-state index in [2.05, 4.69) is 19.1 Å². The molecule has 0 amide bonds. The van der Waals surface area contributed by atoms with Gasteiger partial charge in [-0.05, 0) is 17.3 Å². The average Bonchev–Trinajstić information content (AvgIpc) is 2.27. The molecular formula is C12H17BO. The van der Waals surface area contributed by atoms with E-state index in [9.17, 15) is 4.79 Å². The summed E-state index contributed by atoms with van der Waals surface area (Å²) >= 11 is 0. The number of Topliss-reactive ketones (excluding diaryl/α,β-unsaturated/α-hetero) is 1. The van der Waals surface area contributed by atoms with Gasteiger partial charge < -0.3 is 4.79 Å². The van der Waals surface area contributed by atoms with Gasteiger partial charge in [0.2, 0.25) is 0 Å². The van der Waals surface area contributed by atoms with Crippen LogP contribution in [-0.4, -0.2) is 13.6 Å². The zero-order chi connectivity index (χ0) is 10.6. The lowest BCUT2D eigenvalue weighted by Crippen LogP contribution is -2.14. The van der Waals surface area contributed by atoms with Crippen molar-refractivity contribution in [2.75, 3.05) is 0 Å². The molecule has 2 atom stereocenters. The van der Waals surface area contributed by atoms with Gasteiger partial charge in [0.25, 0.3) is 0 Å². The van der Waals surface area contributed by atoms with Crippen LogP contribution >= 0.6 is 0 Å². The molecule has 74 valence electrons. The molecule has 0 saturated heterocycles. The van der Waals surface area contributed by atoms with Gasteiger partial charge in [0.15, 0.2) is 0 Å². The quantitative estimate of drug-likeness (QED) is 0.662. The second-order valence-corrected chi connectivity index (χ2v) is 3.81. The van der Waals surface area contributed by atoms with Crippen molar-refractivity contribution in [2.45, 2.75) is 32.0 Å². The molecule has 0 radical (unpaired) electrons. The Morgan fingerprint density at radius 2 is 1.93 bits per heavy atom. The second kappa shape index (κ2) is 4.99. The second-order valence-electron chi connectivity index (χ2n) is 3.81. The van der Waals surface area contributed by atoms with Gasteiger partial charge in [-0.25, -0.2) is 0 Å². The molecule has 0 heterocycles. The summed E-state index contributed by atoms with van der Waals surface area (Å²) < 4.78 is 0. The van der Waals surface area contributed by atoms with E-state index in [4.69, 9.17) is 0 Å². The first-order valence-electron chi connectivity index (χ1n) is 5.24.